The average Bonchev–Trinajstić information content (AvgIpc) is 2.50. The molecule has 1 N–H and O–H groups in total. The highest BCUT2D eigenvalue weighted by molar-refractivity contribution is 8.01. The lowest BCUT2D eigenvalue weighted by Crippen LogP contribution is -2.40. The zero-order valence-electron chi connectivity index (χ0n) is 10.1. The van der Waals surface area contributed by atoms with E-state index in [0.29, 0.717) is 11.5 Å². The predicted molar refractivity (Wildman–Crippen MR) is 69.9 cm³/mol. The van der Waals surface area contributed by atoms with Gasteiger partial charge < -0.3 is 5.32 Å². The monoisotopic (exact) mass is 244 g/mol. The Kier molecular flexibility index (Phi) is 4.62. The first-order chi connectivity index (χ1) is 6.93. The van der Waals surface area contributed by atoms with Crippen molar-refractivity contribution in [2.45, 2.75) is 38.1 Å². The lowest BCUT2D eigenvalue weighted by atomic mass is 9.88. The Morgan fingerprint density at radius 1 is 1.53 bits per heavy atom. The third kappa shape index (κ3) is 4.13. The number of nitrogens with zero attached hydrogens (tertiary/aromatic N) is 1. The van der Waals surface area contributed by atoms with Gasteiger partial charge in [0.15, 0.2) is 0 Å². The molecule has 0 saturated heterocycles. The molecule has 0 amide bonds. The second kappa shape index (κ2) is 5.32. The number of rotatable bonds is 4. The van der Waals surface area contributed by atoms with E-state index in [9.17, 15) is 0 Å². The summed E-state index contributed by atoms with van der Waals surface area (Å²) in [6.07, 6.45) is 0. The number of thiazole rings is 1. The molecule has 0 fully saturated rings. The first kappa shape index (κ1) is 13.0. The molecule has 0 radical (unpaired) electrons. The third-order valence-electron chi connectivity index (χ3n) is 2.37. The number of hydrogen-bond donors (Lipinski definition) is 1. The van der Waals surface area contributed by atoms with Crippen LogP contribution in [0.5, 0.6) is 0 Å². The van der Waals surface area contributed by atoms with Crippen LogP contribution in [0.25, 0.3) is 0 Å². The molecule has 0 saturated carbocycles. The van der Waals surface area contributed by atoms with Crippen LogP contribution in [0.1, 0.15) is 26.5 Å². The minimum atomic E-state index is 0.300. The lowest BCUT2D eigenvalue weighted by Gasteiger charge is -2.29. The highest BCUT2D eigenvalue weighted by Crippen LogP contribution is 2.28. The smallest absolute Gasteiger partial charge is 0.150 e. The molecule has 1 rings (SSSR count). The molecule has 86 valence electrons. The summed E-state index contributed by atoms with van der Waals surface area (Å²) in [7, 11) is 2.03. The molecule has 0 aliphatic carbocycles. The lowest BCUT2D eigenvalue weighted by molar-refractivity contribution is 0.305. The summed E-state index contributed by atoms with van der Waals surface area (Å²) in [4.78, 5) is 4.45. The SMILES string of the molecule is CNC(CSc1nc(C)cs1)C(C)(C)C. The minimum absolute atomic E-state index is 0.300. The summed E-state index contributed by atoms with van der Waals surface area (Å²) >= 11 is 3.58. The van der Waals surface area contributed by atoms with E-state index in [2.05, 4.69) is 36.5 Å². The van der Waals surface area contributed by atoms with E-state index in [1.807, 2.05) is 25.7 Å². The van der Waals surface area contributed by atoms with Gasteiger partial charge in [0, 0.05) is 22.9 Å². The van der Waals surface area contributed by atoms with Crippen LogP contribution >= 0.6 is 23.1 Å². The Bertz CT molecular complexity index is 302. The number of aromatic nitrogens is 1. The summed E-state index contributed by atoms with van der Waals surface area (Å²) in [6, 6.07) is 0.520. The van der Waals surface area contributed by atoms with Crippen LogP contribution in [0.4, 0.5) is 0 Å². The second-order valence-electron chi connectivity index (χ2n) is 4.77. The van der Waals surface area contributed by atoms with Gasteiger partial charge in [0.25, 0.3) is 0 Å². The van der Waals surface area contributed by atoms with Crippen LogP contribution in [0, 0.1) is 12.3 Å². The molecule has 0 aliphatic heterocycles. The average molecular weight is 244 g/mol. The molecule has 0 aromatic carbocycles. The molecule has 2 nitrogen and oxygen atoms in total. The van der Waals surface area contributed by atoms with Crippen LogP contribution in [0.2, 0.25) is 0 Å². The molecule has 1 aromatic rings. The summed E-state index contributed by atoms with van der Waals surface area (Å²) < 4.78 is 1.18. The van der Waals surface area contributed by atoms with Gasteiger partial charge in [0.1, 0.15) is 4.34 Å². The number of nitrogens with one attached hydrogen (secondary N) is 1. The zero-order chi connectivity index (χ0) is 11.5. The van der Waals surface area contributed by atoms with E-state index >= 15 is 0 Å². The van der Waals surface area contributed by atoms with Gasteiger partial charge in [0.2, 0.25) is 0 Å². The summed E-state index contributed by atoms with van der Waals surface area (Å²) in [6.45, 7) is 8.84. The van der Waals surface area contributed by atoms with E-state index in [1.165, 1.54) is 4.34 Å². The predicted octanol–water partition coefficient (Wildman–Crippen LogP) is 3.18. The van der Waals surface area contributed by atoms with Gasteiger partial charge in [-0.3, -0.25) is 0 Å². The highest BCUT2D eigenvalue weighted by atomic mass is 32.2. The first-order valence-corrected chi connectivity index (χ1v) is 7.02. The molecule has 1 aromatic heterocycles. The quantitative estimate of drug-likeness (QED) is 0.824. The molecule has 0 spiro atoms. The normalized spacial score (nSPS) is 14.2. The molecular weight excluding hydrogens is 224 g/mol. The van der Waals surface area contributed by atoms with E-state index in [0.717, 1.165) is 11.4 Å². The molecule has 1 heterocycles. The van der Waals surface area contributed by atoms with Crippen LogP contribution in [-0.4, -0.2) is 23.8 Å². The van der Waals surface area contributed by atoms with E-state index < -0.39 is 0 Å². The highest BCUT2D eigenvalue weighted by Gasteiger charge is 2.23. The zero-order valence-corrected chi connectivity index (χ0v) is 11.8. The molecule has 1 atom stereocenters. The van der Waals surface area contributed by atoms with Gasteiger partial charge in [0.05, 0.1) is 0 Å². The van der Waals surface area contributed by atoms with Crippen LogP contribution in [0.3, 0.4) is 0 Å². The fourth-order valence-corrected chi connectivity index (χ4v) is 3.65. The third-order valence-corrected chi connectivity index (χ3v) is 4.60. The molecule has 15 heavy (non-hydrogen) atoms. The first-order valence-electron chi connectivity index (χ1n) is 5.15. The van der Waals surface area contributed by atoms with Crippen molar-refractivity contribution in [3.05, 3.63) is 11.1 Å². The number of thioether (sulfide) groups is 1. The largest absolute Gasteiger partial charge is 0.316 e. The van der Waals surface area contributed by atoms with Gasteiger partial charge in [-0.15, -0.1) is 11.3 Å². The molecule has 1 unspecified atom stereocenters. The molecule has 4 heteroatoms. The Morgan fingerprint density at radius 3 is 2.60 bits per heavy atom. The topological polar surface area (TPSA) is 24.9 Å². The maximum absolute atomic E-state index is 4.45. The van der Waals surface area contributed by atoms with Gasteiger partial charge in [-0.2, -0.15) is 0 Å². The maximum Gasteiger partial charge on any atom is 0.150 e. The summed E-state index contributed by atoms with van der Waals surface area (Å²) in [5.41, 5.74) is 1.42. The Morgan fingerprint density at radius 2 is 2.20 bits per heavy atom. The van der Waals surface area contributed by atoms with Crippen LogP contribution in [0.15, 0.2) is 9.72 Å². The van der Waals surface area contributed by atoms with Crippen LogP contribution in [-0.2, 0) is 0 Å². The van der Waals surface area contributed by atoms with Crippen molar-refractivity contribution < 1.29 is 0 Å². The summed E-state index contributed by atoms with van der Waals surface area (Å²) in [5, 5.41) is 5.48. The van der Waals surface area contributed by atoms with Crippen molar-refractivity contribution in [3.63, 3.8) is 0 Å². The van der Waals surface area contributed by atoms with Crippen molar-refractivity contribution in [2.75, 3.05) is 12.8 Å². The Balaban J connectivity index is 2.48. The van der Waals surface area contributed by atoms with Crippen molar-refractivity contribution in [1.82, 2.24) is 10.3 Å². The number of hydrogen-bond acceptors (Lipinski definition) is 4. The van der Waals surface area contributed by atoms with Gasteiger partial charge in [-0.1, -0.05) is 32.5 Å². The van der Waals surface area contributed by atoms with Crippen molar-refractivity contribution in [3.8, 4) is 0 Å². The molecule has 0 bridgehead atoms. The van der Waals surface area contributed by atoms with Crippen molar-refractivity contribution in [2.24, 2.45) is 5.41 Å². The standard InChI is InChI=1S/C11H20N2S2/c1-8-6-14-10(13-8)15-7-9(12-5)11(2,3)4/h6,9,12H,7H2,1-5H3. The molecule has 0 aliphatic rings. The van der Waals surface area contributed by atoms with Gasteiger partial charge >= 0.3 is 0 Å². The van der Waals surface area contributed by atoms with E-state index in [4.69, 9.17) is 0 Å². The van der Waals surface area contributed by atoms with E-state index in [-0.39, 0.29) is 0 Å². The fourth-order valence-electron chi connectivity index (χ4n) is 1.32. The second-order valence-corrected chi connectivity index (χ2v) is 6.90. The minimum Gasteiger partial charge on any atom is -0.316 e. The van der Waals surface area contributed by atoms with Crippen molar-refractivity contribution >= 4 is 23.1 Å². The number of aryl methyl sites for hydroxylation is 1. The fraction of sp³-hybridized carbons (Fsp3) is 0.727. The van der Waals surface area contributed by atoms with E-state index in [1.54, 1.807) is 11.3 Å². The molecular formula is C11H20N2S2. The van der Waals surface area contributed by atoms with Gasteiger partial charge in [-0.25, -0.2) is 4.98 Å². The van der Waals surface area contributed by atoms with Gasteiger partial charge in [-0.05, 0) is 19.4 Å². The summed E-state index contributed by atoms with van der Waals surface area (Å²) in [5.74, 6) is 1.08. The van der Waals surface area contributed by atoms with Crippen LogP contribution < -0.4 is 5.32 Å². The Labute approximate surface area is 101 Å². The Hall–Kier alpha value is -0.0600. The van der Waals surface area contributed by atoms with Crippen molar-refractivity contribution in [1.29, 1.82) is 0 Å². The maximum atomic E-state index is 4.45.